The lowest BCUT2D eigenvalue weighted by Gasteiger charge is -2.28. The van der Waals surface area contributed by atoms with Crippen molar-refractivity contribution in [1.29, 1.82) is 0 Å². The zero-order valence-electron chi connectivity index (χ0n) is 15.6. The molecule has 0 aliphatic carbocycles. The van der Waals surface area contributed by atoms with Gasteiger partial charge in [0.15, 0.2) is 0 Å². The van der Waals surface area contributed by atoms with Crippen molar-refractivity contribution in [2.45, 2.75) is 6.92 Å². The van der Waals surface area contributed by atoms with Gasteiger partial charge in [-0.05, 0) is 43.3 Å². The van der Waals surface area contributed by atoms with Crippen molar-refractivity contribution in [3.05, 3.63) is 100 Å². The van der Waals surface area contributed by atoms with E-state index in [0.29, 0.717) is 27.4 Å². The van der Waals surface area contributed by atoms with Gasteiger partial charge in [0.1, 0.15) is 6.67 Å². The van der Waals surface area contributed by atoms with Crippen LogP contribution in [0.2, 0.25) is 5.02 Å². The van der Waals surface area contributed by atoms with Gasteiger partial charge >= 0.3 is 0 Å². The molecule has 29 heavy (non-hydrogen) atoms. The first-order chi connectivity index (χ1) is 14.0. The second kappa shape index (κ2) is 7.53. The lowest BCUT2D eigenvalue weighted by Crippen LogP contribution is -2.44. The molecule has 0 spiro atoms. The number of carbonyl (C=O) groups excluding carboxylic acids is 3. The first-order valence-electron chi connectivity index (χ1n) is 9.05. The first kappa shape index (κ1) is 18.9. The standard InChI is InChI=1S/C23H17ClN2O3/c1-15-7-6-8-16(13-15)21(27)25(20-12-5-4-11-19(20)24)14-26-22(28)17-9-2-3-10-18(17)23(26)29/h2-13H,14H2,1H3. The lowest BCUT2D eigenvalue weighted by molar-refractivity contribution is 0.0650. The van der Waals surface area contributed by atoms with E-state index < -0.39 is 11.8 Å². The molecule has 3 aromatic rings. The number of anilines is 1. The number of amides is 3. The largest absolute Gasteiger partial charge is 0.288 e. The monoisotopic (exact) mass is 404 g/mol. The summed E-state index contributed by atoms with van der Waals surface area (Å²) in [5.74, 6) is -1.21. The highest BCUT2D eigenvalue weighted by atomic mass is 35.5. The molecule has 3 aromatic carbocycles. The summed E-state index contributed by atoms with van der Waals surface area (Å²) >= 11 is 6.35. The molecule has 0 N–H and O–H groups in total. The van der Waals surface area contributed by atoms with Crippen LogP contribution >= 0.6 is 11.6 Å². The molecule has 0 unspecified atom stereocenters. The minimum atomic E-state index is -0.431. The van der Waals surface area contributed by atoms with Gasteiger partial charge in [0.25, 0.3) is 17.7 Å². The summed E-state index contributed by atoms with van der Waals surface area (Å²) in [4.78, 5) is 41.4. The fourth-order valence-corrected chi connectivity index (χ4v) is 3.60. The van der Waals surface area contributed by atoms with Crippen LogP contribution in [0.4, 0.5) is 5.69 Å². The van der Waals surface area contributed by atoms with Gasteiger partial charge in [0, 0.05) is 5.56 Å². The number of hydrogen-bond acceptors (Lipinski definition) is 3. The average Bonchev–Trinajstić information content (AvgIpc) is 2.97. The van der Waals surface area contributed by atoms with Crippen LogP contribution in [-0.2, 0) is 0 Å². The Morgan fingerprint density at radius 3 is 2.14 bits per heavy atom. The third kappa shape index (κ3) is 3.41. The Morgan fingerprint density at radius 1 is 0.897 bits per heavy atom. The smallest absolute Gasteiger partial charge is 0.263 e. The predicted molar refractivity (Wildman–Crippen MR) is 111 cm³/mol. The Kier molecular flexibility index (Phi) is 4.91. The van der Waals surface area contributed by atoms with Crippen LogP contribution < -0.4 is 4.90 Å². The van der Waals surface area contributed by atoms with E-state index in [4.69, 9.17) is 11.6 Å². The Balaban J connectivity index is 1.74. The van der Waals surface area contributed by atoms with Gasteiger partial charge in [-0.3, -0.25) is 24.2 Å². The van der Waals surface area contributed by atoms with Crippen molar-refractivity contribution in [1.82, 2.24) is 4.90 Å². The van der Waals surface area contributed by atoms with Crippen LogP contribution in [0.25, 0.3) is 0 Å². The number of aryl methyl sites for hydroxylation is 1. The number of carbonyl (C=O) groups is 3. The molecule has 1 heterocycles. The van der Waals surface area contributed by atoms with E-state index >= 15 is 0 Å². The molecule has 144 valence electrons. The van der Waals surface area contributed by atoms with E-state index in [1.54, 1.807) is 66.7 Å². The minimum absolute atomic E-state index is 0.233. The van der Waals surface area contributed by atoms with Crippen molar-refractivity contribution >= 4 is 35.0 Å². The van der Waals surface area contributed by atoms with Crippen molar-refractivity contribution < 1.29 is 14.4 Å². The quantitative estimate of drug-likeness (QED) is 0.599. The Hall–Kier alpha value is -3.44. The second-order valence-electron chi connectivity index (χ2n) is 6.78. The molecule has 0 fully saturated rings. The Labute approximate surface area is 173 Å². The molecular formula is C23H17ClN2O3. The molecule has 5 nitrogen and oxygen atoms in total. The highest BCUT2D eigenvalue weighted by Crippen LogP contribution is 2.29. The topological polar surface area (TPSA) is 57.7 Å². The van der Waals surface area contributed by atoms with Gasteiger partial charge in [-0.1, -0.05) is 53.6 Å². The fraction of sp³-hybridized carbons (Fsp3) is 0.0870. The van der Waals surface area contributed by atoms with Gasteiger partial charge < -0.3 is 0 Å². The van der Waals surface area contributed by atoms with Gasteiger partial charge in [0.2, 0.25) is 0 Å². The lowest BCUT2D eigenvalue weighted by atomic mass is 10.1. The van der Waals surface area contributed by atoms with E-state index in [2.05, 4.69) is 0 Å². The number of fused-ring (bicyclic) bond motifs is 1. The van der Waals surface area contributed by atoms with Crippen molar-refractivity contribution in [2.75, 3.05) is 11.6 Å². The predicted octanol–water partition coefficient (Wildman–Crippen LogP) is 4.55. The first-order valence-corrected chi connectivity index (χ1v) is 9.43. The molecule has 0 saturated carbocycles. The molecular weight excluding hydrogens is 388 g/mol. The molecule has 4 rings (SSSR count). The molecule has 0 atom stereocenters. The number of halogens is 1. The highest BCUT2D eigenvalue weighted by Gasteiger charge is 2.37. The van der Waals surface area contributed by atoms with Crippen molar-refractivity contribution in [3.63, 3.8) is 0 Å². The maximum Gasteiger partial charge on any atom is 0.263 e. The van der Waals surface area contributed by atoms with Crippen LogP contribution in [0, 0.1) is 6.92 Å². The number of hydrogen-bond donors (Lipinski definition) is 0. The maximum atomic E-state index is 13.3. The van der Waals surface area contributed by atoms with E-state index in [0.717, 1.165) is 10.5 Å². The maximum absolute atomic E-state index is 13.3. The zero-order chi connectivity index (χ0) is 20.5. The number of para-hydroxylation sites is 1. The third-order valence-electron chi connectivity index (χ3n) is 4.81. The number of imide groups is 1. The van der Waals surface area contributed by atoms with E-state index in [1.165, 1.54) is 4.90 Å². The summed E-state index contributed by atoms with van der Waals surface area (Å²) < 4.78 is 0. The highest BCUT2D eigenvalue weighted by molar-refractivity contribution is 6.34. The molecule has 1 aliphatic heterocycles. The van der Waals surface area contributed by atoms with E-state index in [-0.39, 0.29) is 12.6 Å². The van der Waals surface area contributed by atoms with Crippen LogP contribution in [0.3, 0.4) is 0 Å². The van der Waals surface area contributed by atoms with E-state index in [9.17, 15) is 14.4 Å². The van der Waals surface area contributed by atoms with E-state index in [1.807, 2.05) is 13.0 Å². The Bertz CT molecular complexity index is 1110. The van der Waals surface area contributed by atoms with Crippen molar-refractivity contribution in [3.8, 4) is 0 Å². The van der Waals surface area contributed by atoms with Crippen LogP contribution in [-0.4, -0.2) is 29.3 Å². The number of benzene rings is 3. The van der Waals surface area contributed by atoms with Gasteiger partial charge in [-0.25, -0.2) is 0 Å². The summed E-state index contributed by atoms with van der Waals surface area (Å²) in [5.41, 5.74) is 2.47. The number of rotatable bonds is 4. The van der Waals surface area contributed by atoms with Gasteiger partial charge in [-0.2, -0.15) is 0 Å². The molecule has 0 radical (unpaired) electrons. The Morgan fingerprint density at radius 2 is 1.52 bits per heavy atom. The van der Waals surface area contributed by atoms with Crippen molar-refractivity contribution in [2.24, 2.45) is 0 Å². The second-order valence-corrected chi connectivity index (χ2v) is 7.19. The van der Waals surface area contributed by atoms with Gasteiger partial charge in [-0.15, -0.1) is 0 Å². The normalized spacial score (nSPS) is 12.8. The summed E-state index contributed by atoms with van der Waals surface area (Å²) in [6.07, 6.45) is 0. The molecule has 3 amide bonds. The zero-order valence-corrected chi connectivity index (χ0v) is 16.4. The number of nitrogens with zero attached hydrogens (tertiary/aromatic N) is 2. The fourth-order valence-electron chi connectivity index (χ4n) is 3.36. The third-order valence-corrected chi connectivity index (χ3v) is 5.13. The SMILES string of the molecule is Cc1cccc(C(=O)N(CN2C(=O)c3ccccc3C2=O)c2ccccc2Cl)c1. The van der Waals surface area contributed by atoms with Crippen LogP contribution in [0.5, 0.6) is 0 Å². The summed E-state index contributed by atoms with van der Waals surface area (Å²) in [6.45, 7) is 1.66. The minimum Gasteiger partial charge on any atom is -0.288 e. The molecule has 0 bridgehead atoms. The molecule has 0 aromatic heterocycles. The molecule has 1 aliphatic rings. The van der Waals surface area contributed by atoms with Crippen LogP contribution in [0.1, 0.15) is 36.6 Å². The molecule has 6 heteroatoms. The van der Waals surface area contributed by atoms with Crippen LogP contribution in [0.15, 0.2) is 72.8 Å². The summed E-state index contributed by atoms with van der Waals surface area (Å²) in [5, 5.41) is 0.352. The summed E-state index contributed by atoms with van der Waals surface area (Å²) in [7, 11) is 0. The van der Waals surface area contributed by atoms with Gasteiger partial charge in [0.05, 0.1) is 21.8 Å². The molecule has 0 saturated heterocycles. The summed E-state index contributed by atoms with van der Waals surface area (Å²) in [6, 6.07) is 20.6. The average molecular weight is 405 g/mol.